The second kappa shape index (κ2) is 8.18. The van der Waals surface area contributed by atoms with Crippen molar-refractivity contribution in [2.45, 2.75) is 92.0 Å². The summed E-state index contributed by atoms with van der Waals surface area (Å²) in [5, 5.41) is 0. The number of hydrogen-bond acceptors (Lipinski definition) is 5. The molecule has 1 atom stereocenters. The molecule has 3 rings (SSSR count). The van der Waals surface area contributed by atoms with Gasteiger partial charge in [0.25, 0.3) is 0 Å². The van der Waals surface area contributed by atoms with Gasteiger partial charge in [-0.15, -0.1) is 0 Å². The maximum absolute atomic E-state index is 13.1. The van der Waals surface area contributed by atoms with Gasteiger partial charge in [0.2, 0.25) is 0 Å². The Morgan fingerprint density at radius 1 is 1.10 bits per heavy atom. The van der Waals surface area contributed by atoms with Crippen LogP contribution >= 0.6 is 15.9 Å². The van der Waals surface area contributed by atoms with Crippen LogP contribution in [0.25, 0.3) is 0 Å². The molecule has 162 valence electrons. The third-order valence-electron chi connectivity index (χ3n) is 5.90. The molecule has 1 spiro atoms. The van der Waals surface area contributed by atoms with E-state index in [9.17, 15) is 4.79 Å². The molecule has 0 bridgehead atoms. The van der Waals surface area contributed by atoms with Crippen molar-refractivity contribution in [3.05, 3.63) is 21.4 Å². The SMILES string of the molecule is Cc1nc(C)c(C(OC(C)(C)C)C(=O)OC(C)C)c(N2CCC3(CC2)CC3)c1Br. The van der Waals surface area contributed by atoms with Crippen LogP contribution < -0.4 is 4.90 Å². The van der Waals surface area contributed by atoms with Crippen LogP contribution in [0.15, 0.2) is 4.47 Å². The first-order valence-corrected chi connectivity index (χ1v) is 11.5. The number of esters is 1. The predicted octanol–water partition coefficient (Wildman–Crippen LogP) is 5.65. The Kier molecular flexibility index (Phi) is 6.36. The van der Waals surface area contributed by atoms with Crippen molar-refractivity contribution in [2.24, 2.45) is 5.41 Å². The van der Waals surface area contributed by atoms with Crippen molar-refractivity contribution < 1.29 is 14.3 Å². The number of rotatable bonds is 5. The van der Waals surface area contributed by atoms with Crippen molar-refractivity contribution in [3.63, 3.8) is 0 Å². The minimum absolute atomic E-state index is 0.205. The third-order valence-corrected chi connectivity index (χ3v) is 6.85. The number of anilines is 1. The minimum atomic E-state index is -0.811. The van der Waals surface area contributed by atoms with E-state index < -0.39 is 11.7 Å². The second-order valence-electron chi connectivity index (χ2n) is 9.94. The first-order valence-electron chi connectivity index (χ1n) is 10.7. The molecule has 1 aliphatic carbocycles. The monoisotopic (exact) mass is 466 g/mol. The number of carbonyl (C=O) groups is 1. The summed E-state index contributed by atoms with van der Waals surface area (Å²) in [5.74, 6) is -0.354. The van der Waals surface area contributed by atoms with Crippen LogP contribution in [0.3, 0.4) is 0 Å². The Morgan fingerprint density at radius 3 is 2.17 bits per heavy atom. The highest BCUT2D eigenvalue weighted by Gasteiger charge is 2.45. The maximum atomic E-state index is 13.1. The van der Waals surface area contributed by atoms with Gasteiger partial charge in [-0.25, -0.2) is 4.79 Å². The van der Waals surface area contributed by atoms with E-state index in [1.807, 2.05) is 48.5 Å². The van der Waals surface area contributed by atoms with Crippen molar-refractivity contribution >= 4 is 27.6 Å². The van der Waals surface area contributed by atoms with Gasteiger partial charge in [-0.1, -0.05) is 0 Å². The number of nitrogens with zero attached hydrogens (tertiary/aromatic N) is 2. The Balaban J connectivity index is 2.06. The highest BCUT2D eigenvalue weighted by Crippen LogP contribution is 2.54. The topological polar surface area (TPSA) is 51.7 Å². The first-order chi connectivity index (χ1) is 13.4. The van der Waals surface area contributed by atoms with Crippen LogP contribution in [0.5, 0.6) is 0 Å². The molecule has 1 unspecified atom stereocenters. The summed E-state index contributed by atoms with van der Waals surface area (Å²) in [6, 6.07) is 0. The van der Waals surface area contributed by atoms with Crippen LogP contribution in [0, 0.1) is 19.3 Å². The zero-order chi connectivity index (χ0) is 21.6. The summed E-state index contributed by atoms with van der Waals surface area (Å²) in [6.07, 6.45) is 4.12. The average molecular weight is 467 g/mol. The number of aromatic nitrogens is 1. The maximum Gasteiger partial charge on any atom is 0.340 e. The number of hydrogen-bond donors (Lipinski definition) is 0. The molecule has 0 aromatic carbocycles. The molecule has 5 nitrogen and oxygen atoms in total. The molecule has 1 saturated carbocycles. The highest BCUT2D eigenvalue weighted by molar-refractivity contribution is 9.10. The molecule has 0 amide bonds. The number of halogens is 1. The highest BCUT2D eigenvalue weighted by atomic mass is 79.9. The van der Waals surface area contributed by atoms with Gasteiger partial charge in [0.15, 0.2) is 6.10 Å². The van der Waals surface area contributed by atoms with Crippen LogP contribution in [0.2, 0.25) is 0 Å². The molecule has 2 heterocycles. The number of carbonyl (C=O) groups excluding carboxylic acids is 1. The lowest BCUT2D eigenvalue weighted by atomic mass is 9.92. The summed E-state index contributed by atoms with van der Waals surface area (Å²) < 4.78 is 12.8. The lowest BCUT2D eigenvalue weighted by molar-refractivity contribution is -0.171. The summed E-state index contributed by atoms with van der Waals surface area (Å²) in [4.78, 5) is 20.2. The van der Waals surface area contributed by atoms with Gasteiger partial charge in [-0.05, 0) is 95.5 Å². The van der Waals surface area contributed by atoms with Crippen molar-refractivity contribution in [1.29, 1.82) is 0 Å². The van der Waals surface area contributed by atoms with Crippen molar-refractivity contribution in [2.75, 3.05) is 18.0 Å². The average Bonchev–Trinajstić information content (AvgIpc) is 3.35. The zero-order valence-electron chi connectivity index (χ0n) is 18.9. The van der Waals surface area contributed by atoms with Gasteiger partial charge in [0, 0.05) is 24.3 Å². The molecule has 1 aromatic rings. The van der Waals surface area contributed by atoms with Crippen LogP contribution in [0.4, 0.5) is 5.69 Å². The predicted molar refractivity (Wildman–Crippen MR) is 119 cm³/mol. The zero-order valence-corrected chi connectivity index (χ0v) is 20.5. The number of aryl methyl sites for hydroxylation is 2. The van der Waals surface area contributed by atoms with Crippen LogP contribution in [0.1, 0.15) is 83.4 Å². The van der Waals surface area contributed by atoms with Crippen molar-refractivity contribution in [1.82, 2.24) is 4.98 Å². The smallest absolute Gasteiger partial charge is 0.340 e. The molecule has 2 aliphatic rings. The fourth-order valence-corrected chi connectivity index (χ4v) is 4.75. The Bertz CT molecular complexity index is 771. The van der Waals surface area contributed by atoms with Crippen molar-refractivity contribution in [3.8, 4) is 0 Å². The molecule has 0 N–H and O–H groups in total. The van der Waals surface area contributed by atoms with E-state index in [1.165, 1.54) is 25.7 Å². The van der Waals surface area contributed by atoms with Gasteiger partial charge >= 0.3 is 5.97 Å². The van der Waals surface area contributed by atoms with Crippen LogP contribution in [-0.4, -0.2) is 35.7 Å². The fourth-order valence-electron chi connectivity index (χ4n) is 4.20. The molecule has 0 radical (unpaired) electrons. The van der Waals surface area contributed by atoms with E-state index in [4.69, 9.17) is 14.5 Å². The molecular formula is C23H35BrN2O3. The van der Waals surface area contributed by atoms with E-state index in [0.29, 0.717) is 5.41 Å². The molecule has 6 heteroatoms. The van der Waals surface area contributed by atoms with Gasteiger partial charge in [0.05, 0.1) is 27.6 Å². The van der Waals surface area contributed by atoms with E-state index in [0.717, 1.165) is 40.2 Å². The molecule has 29 heavy (non-hydrogen) atoms. The second-order valence-corrected chi connectivity index (χ2v) is 10.7. The standard InChI is InChI=1S/C23H35BrN2O3/c1-14(2)28-21(27)20(29-22(5,6)7)17-15(3)25-16(4)18(24)19(17)26-12-10-23(8-9-23)11-13-26/h14,20H,8-13H2,1-7H3. The summed E-state index contributed by atoms with van der Waals surface area (Å²) in [7, 11) is 0. The number of ether oxygens (including phenoxy) is 2. The molecule has 1 saturated heterocycles. The molecular weight excluding hydrogens is 432 g/mol. The van der Waals surface area contributed by atoms with E-state index in [1.54, 1.807) is 0 Å². The van der Waals surface area contributed by atoms with Crippen LogP contribution in [-0.2, 0) is 14.3 Å². The summed E-state index contributed by atoms with van der Waals surface area (Å²) in [5.41, 5.74) is 3.71. The lowest BCUT2D eigenvalue weighted by Crippen LogP contribution is -2.37. The van der Waals surface area contributed by atoms with Gasteiger partial charge in [-0.3, -0.25) is 4.98 Å². The van der Waals surface area contributed by atoms with E-state index >= 15 is 0 Å². The minimum Gasteiger partial charge on any atom is -0.461 e. The number of pyridine rings is 1. The van der Waals surface area contributed by atoms with Gasteiger partial charge in [0.1, 0.15) is 0 Å². The quantitative estimate of drug-likeness (QED) is 0.524. The van der Waals surface area contributed by atoms with Gasteiger partial charge < -0.3 is 14.4 Å². The Morgan fingerprint density at radius 2 is 1.69 bits per heavy atom. The molecule has 1 aromatic heterocycles. The Hall–Kier alpha value is -1.14. The fraction of sp³-hybridized carbons (Fsp3) is 0.739. The van der Waals surface area contributed by atoms with E-state index in [2.05, 4.69) is 20.8 Å². The Labute approximate surface area is 183 Å². The lowest BCUT2D eigenvalue weighted by Gasteiger charge is -2.38. The van der Waals surface area contributed by atoms with Gasteiger partial charge in [-0.2, -0.15) is 0 Å². The van der Waals surface area contributed by atoms with E-state index in [-0.39, 0.29) is 12.1 Å². The summed E-state index contributed by atoms with van der Waals surface area (Å²) in [6.45, 7) is 15.6. The third kappa shape index (κ3) is 5.13. The largest absolute Gasteiger partial charge is 0.461 e. The normalized spacial score (nSPS) is 19.6. The molecule has 2 fully saturated rings. The first kappa shape index (κ1) is 22.5. The number of piperidine rings is 1. The molecule has 1 aliphatic heterocycles. The summed E-state index contributed by atoms with van der Waals surface area (Å²) >= 11 is 3.78.